The maximum atomic E-state index is 11.6. The Labute approximate surface area is 143 Å². The van der Waals surface area contributed by atoms with Crippen molar-refractivity contribution in [2.45, 2.75) is 25.4 Å². The van der Waals surface area contributed by atoms with Gasteiger partial charge in [-0.3, -0.25) is 4.79 Å². The second kappa shape index (κ2) is 7.77. The van der Waals surface area contributed by atoms with Crippen molar-refractivity contribution in [3.8, 4) is 0 Å². The number of methoxy groups -OCH3 is 1. The van der Waals surface area contributed by atoms with Gasteiger partial charge in [-0.2, -0.15) is 0 Å². The van der Waals surface area contributed by atoms with Gasteiger partial charge < -0.3 is 14.7 Å². The van der Waals surface area contributed by atoms with E-state index in [1.165, 1.54) is 12.5 Å². The van der Waals surface area contributed by atoms with Gasteiger partial charge in [0.1, 0.15) is 0 Å². The molecule has 3 rings (SSSR count). The fourth-order valence-electron chi connectivity index (χ4n) is 3.45. The molecule has 4 heteroatoms. The number of ether oxygens (including phenoxy) is 1. The molecule has 0 saturated carbocycles. The number of nitrogens with zero attached hydrogens (tertiary/aromatic N) is 1. The van der Waals surface area contributed by atoms with Gasteiger partial charge in [-0.15, -0.1) is 0 Å². The largest absolute Gasteiger partial charge is 0.469 e. The molecule has 1 saturated heterocycles. The lowest BCUT2D eigenvalue weighted by molar-refractivity contribution is -0.147. The molecule has 1 atom stereocenters. The second-order valence-corrected chi connectivity index (χ2v) is 6.55. The van der Waals surface area contributed by atoms with E-state index in [0.717, 1.165) is 43.4 Å². The third-order valence-electron chi connectivity index (χ3n) is 5.00. The number of aliphatic hydroxyl groups excluding tert-OH is 1. The number of carbonyl (C=O) groups excluding carboxylic acids is 1. The maximum Gasteiger partial charge on any atom is 0.308 e. The first-order chi connectivity index (χ1) is 11.7. The smallest absolute Gasteiger partial charge is 0.308 e. The highest BCUT2D eigenvalue weighted by Crippen LogP contribution is 2.24. The molecule has 128 valence electrons. The van der Waals surface area contributed by atoms with Crippen LogP contribution in [0.1, 0.15) is 30.9 Å². The molecule has 0 bridgehead atoms. The maximum absolute atomic E-state index is 11.6. The first-order valence-corrected chi connectivity index (χ1v) is 8.64. The number of fused-ring (bicyclic) bond motifs is 1. The van der Waals surface area contributed by atoms with E-state index in [4.69, 9.17) is 4.74 Å². The fourth-order valence-corrected chi connectivity index (χ4v) is 3.45. The van der Waals surface area contributed by atoms with Gasteiger partial charge in [0.2, 0.25) is 0 Å². The SMILES string of the molecule is COC(=O)C1CCN(CCC(O)c2ccc3ccccc3c2)CC1. The number of hydrogen-bond acceptors (Lipinski definition) is 4. The van der Waals surface area contributed by atoms with Crippen LogP contribution in [0, 0.1) is 5.92 Å². The molecule has 1 fully saturated rings. The standard InChI is InChI=1S/C20H25NO3/c1-24-20(23)16-8-11-21(12-9-16)13-10-19(22)18-7-6-15-4-2-3-5-17(15)14-18/h2-7,14,16,19,22H,8-13H2,1H3. The van der Waals surface area contributed by atoms with Crippen molar-refractivity contribution in [2.75, 3.05) is 26.7 Å². The molecule has 1 N–H and O–H groups in total. The normalized spacial score (nSPS) is 17.8. The minimum atomic E-state index is -0.451. The number of rotatable bonds is 5. The zero-order chi connectivity index (χ0) is 16.9. The van der Waals surface area contributed by atoms with Gasteiger partial charge in [0.05, 0.1) is 19.1 Å². The Balaban J connectivity index is 1.52. The van der Waals surface area contributed by atoms with E-state index in [-0.39, 0.29) is 11.9 Å². The quantitative estimate of drug-likeness (QED) is 0.857. The topological polar surface area (TPSA) is 49.8 Å². The van der Waals surface area contributed by atoms with Crippen LogP contribution in [0.3, 0.4) is 0 Å². The van der Waals surface area contributed by atoms with Crippen LogP contribution in [0.4, 0.5) is 0 Å². The van der Waals surface area contributed by atoms with E-state index >= 15 is 0 Å². The summed E-state index contributed by atoms with van der Waals surface area (Å²) in [7, 11) is 1.45. The Kier molecular flexibility index (Phi) is 5.48. The van der Waals surface area contributed by atoms with E-state index in [1.54, 1.807) is 0 Å². The Morgan fingerprint density at radius 3 is 2.62 bits per heavy atom. The zero-order valence-electron chi connectivity index (χ0n) is 14.1. The Hall–Kier alpha value is -1.91. The summed E-state index contributed by atoms with van der Waals surface area (Å²) >= 11 is 0. The summed E-state index contributed by atoms with van der Waals surface area (Å²) < 4.78 is 4.82. The molecule has 0 radical (unpaired) electrons. The summed E-state index contributed by atoms with van der Waals surface area (Å²) in [6.45, 7) is 2.64. The predicted molar refractivity (Wildman–Crippen MR) is 94.7 cm³/mol. The Morgan fingerprint density at radius 2 is 1.92 bits per heavy atom. The van der Waals surface area contributed by atoms with E-state index in [9.17, 15) is 9.90 Å². The summed E-state index contributed by atoms with van der Waals surface area (Å²) in [4.78, 5) is 13.9. The monoisotopic (exact) mass is 327 g/mol. The summed E-state index contributed by atoms with van der Waals surface area (Å²) in [5.74, 6) is -0.0532. The highest BCUT2D eigenvalue weighted by atomic mass is 16.5. The highest BCUT2D eigenvalue weighted by molar-refractivity contribution is 5.83. The summed E-state index contributed by atoms with van der Waals surface area (Å²) in [6.07, 6.45) is 1.95. The molecule has 0 amide bonds. The van der Waals surface area contributed by atoms with Crippen molar-refractivity contribution in [2.24, 2.45) is 5.92 Å². The minimum absolute atomic E-state index is 0.0386. The van der Waals surface area contributed by atoms with Crippen molar-refractivity contribution in [1.29, 1.82) is 0 Å². The lowest BCUT2D eigenvalue weighted by atomic mass is 9.96. The van der Waals surface area contributed by atoms with E-state index < -0.39 is 6.10 Å². The summed E-state index contributed by atoms with van der Waals surface area (Å²) in [5, 5.41) is 12.8. The number of likely N-dealkylation sites (tertiary alicyclic amines) is 1. The molecule has 1 unspecified atom stereocenters. The van der Waals surface area contributed by atoms with E-state index in [1.807, 2.05) is 18.2 Å². The zero-order valence-corrected chi connectivity index (χ0v) is 14.1. The highest BCUT2D eigenvalue weighted by Gasteiger charge is 2.25. The summed E-state index contributed by atoms with van der Waals surface area (Å²) in [6, 6.07) is 14.3. The number of hydrogen-bond donors (Lipinski definition) is 1. The van der Waals surface area contributed by atoms with Gasteiger partial charge >= 0.3 is 5.97 Å². The number of piperidine rings is 1. The number of carbonyl (C=O) groups is 1. The van der Waals surface area contributed by atoms with Crippen LogP contribution in [0.25, 0.3) is 10.8 Å². The first kappa shape index (κ1) is 16.9. The predicted octanol–water partition coefficient (Wildman–Crippen LogP) is 3.15. The minimum Gasteiger partial charge on any atom is -0.469 e. The van der Waals surface area contributed by atoms with Crippen molar-refractivity contribution in [3.05, 3.63) is 48.0 Å². The average molecular weight is 327 g/mol. The van der Waals surface area contributed by atoms with Gasteiger partial charge in [0.15, 0.2) is 0 Å². The van der Waals surface area contributed by atoms with Crippen LogP contribution >= 0.6 is 0 Å². The van der Waals surface area contributed by atoms with Crippen LogP contribution in [-0.2, 0) is 9.53 Å². The van der Waals surface area contributed by atoms with Gasteiger partial charge in [-0.25, -0.2) is 0 Å². The van der Waals surface area contributed by atoms with Crippen molar-refractivity contribution < 1.29 is 14.6 Å². The van der Waals surface area contributed by atoms with Crippen LogP contribution in [-0.4, -0.2) is 42.7 Å². The number of benzene rings is 2. The van der Waals surface area contributed by atoms with Gasteiger partial charge in [-0.1, -0.05) is 36.4 Å². The first-order valence-electron chi connectivity index (χ1n) is 8.64. The van der Waals surface area contributed by atoms with Crippen molar-refractivity contribution in [1.82, 2.24) is 4.90 Å². The Morgan fingerprint density at radius 1 is 1.21 bits per heavy atom. The lowest BCUT2D eigenvalue weighted by Crippen LogP contribution is -2.37. The molecule has 1 heterocycles. The second-order valence-electron chi connectivity index (χ2n) is 6.55. The van der Waals surface area contributed by atoms with Crippen LogP contribution in [0.5, 0.6) is 0 Å². The molecular weight excluding hydrogens is 302 g/mol. The van der Waals surface area contributed by atoms with Gasteiger partial charge in [-0.05, 0) is 54.8 Å². The van der Waals surface area contributed by atoms with E-state index in [0.29, 0.717) is 6.42 Å². The molecule has 0 aliphatic carbocycles. The molecule has 2 aromatic carbocycles. The van der Waals surface area contributed by atoms with Crippen molar-refractivity contribution in [3.63, 3.8) is 0 Å². The molecule has 4 nitrogen and oxygen atoms in total. The van der Waals surface area contributed by atoms with Crippen LogP contribution in [0.15, 0.2) is 42.5 Å². The van der Waals surface area contributed by atoms with Gasteiger partial charge in [0.25, 0.3) is 0 Å². The molecular formula is C20H25NO3. The fraction of sp³-hybridized carbons (Fsp3) is 0.450. The number of esters is 1. The van der Waals surface area contributed by atoms with E-state index in [2.05, 4.69) is 29.2 Å². The van der Waals surface area contributed by atoms with Crippen LogP contribution < -0.4 is 0 Å². The molecule has 1 aliphatic rings. The van der Waals surface area contributed by atoms with Crippen LogP contribution in [0.2, 0.25) is 0 Å². The third-order valence-corrected chi connectivity index (χ3v) is 5.00. The molecule has 1 aliphatic heterocycles. The lowest BCUT2D eigenvalue weighted by Gasteiger charge is -2.31. The Bertz CT molecular complexity index is 692. The number of aliphatic hydroxyl groups is 1. The molecule has 0 aromatic heterocycles. The van der Waals surface area contributed by atoms with Crippen molar-refractivity contribution >= 4 is 16.7 Å². The molecule has 0 spiro atoms. The average Bonchev–Trinajstić information content (AvgIpc) is 2.65. The molecule has 2 aromatic rings. The van der Waals surface area contributed by atoms with Gasteiger partial charge in [0, 0.05) is 6.54 Å². The summed E-state index contributed by atoms with van der Waals surface area (Å²) in [5.41, 5.74) is 0.971. The third kappa shape index (κ3) is 3.94. The molecule has 24 heavy (non-hydrogen) atoms.